The number of thioether (sulfide) groups is 1. The lowest BCUT2D eigenvalue weighted by Gasteiger charge is -2.36. The molecule has 2 aliphatic heterocycles. The van der Waals surface area contributed by atoms with Crippen LogP contribution in [0, 0.1) is 24.2 Å². The van der Waals surface area contributed by atoms with Gasteiger partial charge in [-0.3, -0.25) is 23.9 Å². The summed E-state index contributed by atoms with van der Waals surface area (Å²) in [5.74, 6) is -0.120. The number of pyridine rings is 1. The summed E-state index contributed by atoms with van der Waals surface area (Å²) in [4.78, 5) is 43.6. The fraction of sp³-hybridized carbons (Fsp3) is 0.607. The van der Waals surface area contributed by atoms with Crippen LogP contribution in [0.3, 0.4) is 0 Å². The summed E-state index contributed by atoms with van der Waals surface area (Å²) in [5, 5.41) is 9.91. The van der Waals surface area contributed by atoms with E-state index >= 15 is 0 Å². The van der Waals surface area contributed by atoms with Crippen molar-refractivity contribution in [1.29, 1.82) is 5.26 Å². The quantitative estimate of drug-likeness (QED) is 0.157. The summed E-state index contributed by atoms with van der Waals surface area (Å²) in [6.07, 6.45) is 5.51. The number of carbonyl (C=O) groups is 2. The number of esters is 1. The number of rotatable bonds is 12. The van der Waals surface area contributed by atoms with Crippen LogP contribution in [-0.4, -0.2) is 65.1 Å². The van der Waals surface area contributed by atoms with Crippen LogP contribution in [-0.2, 0) is 25.6 Å². The molecule has 0 spiro atoms. The highest BCUT2D eigenvalue weighted by molar-refractivity contribution is 8.26. The smallest absolute Gasteiger partial charge is 0.310 e. The SMILES string of the molecule is CCCCn1c(N2CCCC(C(=O)OCC)C2)c(/C=C2/SC(=S)N(CCCOCC)C2=O)c(C)c(C#N)c1=O. The Kier molecular flexibility index (Phi) is 11.6. The standard InChI is InChI=1S/C28H38N4O5S2/c1-5-8-13-31-24(30-12-9-11-20(18-30)27(35)37-7-3)21(19(4)22(17-29)25(31)33)16-23-26(34)32(28(38)39-23)14-10-15-36-6-2/h16,20H,5-15,18H2,1-4H3/b23-16+. The molecule has 0 N–H and O–H groups in total. The van der Waals surface area contributed by atoms with E-state index in [2.05, 4.69) is 6.07 Å². The fourth-order valence-corrected chi connectivity index (χ4v) is 6.21. The molecule has 212 valence electrons. The zero-order chi connectivity index (χ0) is 28.5. The van der Waals surface area contributed by atoms with Gasteiger partial charge in [0.25, 0.3) is 11.5 Å². The van der Waals surface area contributed by atoms with Crippen LogP contribution in [0.2, 0.25) is 0 Å². The highest BCUT2D eigenvalue weighted by atomic mass is 32.2. The van der Waals surface area contributed by atoms with E-state index in [0.717, 1.165) is 19.3 Å². The summed E-state index contributed by atoms with van der Waals surface area (Å²) in [6, 6.07) is 2.09. The van der Waals surface area contributed by atoms with Gasteiger partial charge in [0.2, 0.25) is 0 Å². The number of unbranched alkanes of at least 4 members (excludes halogenated alkanes) is 1. The zero-order valence-electron chi connectivity index (χ0n) is 23.3. The molecule has 0 aliphatic carbocycles. The van der Waals surface area contributed by atoms with Crippen LogP contribution in [0.1, 0.15) is 69.6 Å². The Balaban J connectivity index is 2.11. The number of hydrogen-bond donors (Lipinski definition) is 0. The van der Waals surface area contributed by atoms with Crippen molar-refractivity contribution >= 4 is 52.1 Å². The summed E-state index contributed by atoms with van der Waals surface area (Å²) in [7, 11) is 0. The molecule has 9 nitrogen and oxygen atoms in total. The molecule has 0 aromatic carbocycles. The van der Waals surface area contributed by atoms with Crippen LogP contribution in [0.5, 0.6) is 0 Å². The summed E-state index contributed by atoms with van der Waals surface area (Å²) < 4.78 is 12.8. The topological polar surface area (TPSA) is 105 Å². The molecule has 2 fully saturated rings. The van der Waals surface area contributed by atoms with Gasteiger partial charge in [0.1, 0.15) is 21.8 Å². The third kappa shape index (κ3) is 7.10. The molecule has 0 bridgehead atoms. The molecule has 3 heterocycles. The second-order valence-corrected chi connectivity index (χ2v) is 11.3. The van der Waals surface area contributed by atoms with E-state index in [9.17, 15) is 19.6 Å². The number of nitrogens with zero attached hydrogens (tertiary/aromatic N) is 4. The molecular formula is C28H38N4O5S2. The molecule has 1 aromatic heterocycles. The van der Waals surface area contributed by atoms with Gasteiger partial charge in [-0.15, -0.1) is 0 Å². The highest BCUT2D eigenvalue weighted by Gasteiger charge is 2.34. The summed E-state index contributed by atoms with van der Waals surface area (Å²) >= 11 is 6.74. The van der Waals surface area contributed by atoms with E-state index in [0.29, 0.717) is 85.0 Å². The van der Waals surface area contributed by atoms with Gasteiger partial charge in [-0.2, -0.15) is 5.26 Å². The second kappa shape index (κ2) is 14.6. The number of piperidine rings is 1. The lowest BCUT2D eigenvalue weighted by molar-refractivity contribution is -0.148. The van der Waals surface area contributed by atoms with Crippen LogP contribution in [0.25, 0.3) is 6.08 Å². The molecule has 1 atom stereocenters. The van der Waals surface area contributed by atoms with Crippen LogP contribution in [0.4, 0.5) is 5.82 Å². The van der Waals surface area contributed by atoms with Crippen molar-refractivity contribution in [2.75, 3.05) is 44.4 Å². The average molecular weight is 575 g/mol. The molecule has 0 saturated carbocycles. The van der Waals surface area contributed by atoms with E-state index < -0.39 is 0 Å². The Morgan fingerprint density at radius 1 is 1.21 bits per heavy atom. The van der Waals surface area contributed by atoms with Crippen LogP contribution in [0.15, 0.2) is 9.70 Å². The summed E-state index contributed by atoms with van der Waals surface area (Å²) in [6.45, 7) is 10.9. The number of amides is 1. The highest BCUT2D eigenvalue weighted by Crippen LogP contribution is 2.37. The number of anilines is 1. The maximum Gasteiger partial charge on any atom is 0.310 e. The summed E-state index contributed by atoms with van der Waals surface area (Å²) in [5.41, 5.74) is 0.872. The number of thiocarbonyl (C=S) groups is 1. The molecule has 1 unspecified atom stereocenters. The Morgan fingerprint density at radius 3 is 2.64 bits per heavy atom. The minimum absolute atomic E-state index is 0.0623. The Bertz CT molecular complexity index is 1220. The first kappa shape index (κ1) is 30.9. The minimum Gasteiger partial charge on any atom is -0.466 e. The minimum atomic E-state index is -0.350. The van der Waals surface area contributed by atoms with Gasteiger partial charge in [0.05, 0.1) is 17.4 Å². The van der Waals surface area contributed by atoms with Crippen molar-refractivity contribution in [2.24, 2.45) is 5.92 Å². The molecule has 3 rings (SSSR count). The van der Waals surface area contributed by atoms with Crippen molar-refractivity contribution in [3.8, 4) is 6.07 Å². The predicted molar refractivity (Wildman–Crippen MR) is 158 cm³/mol. The van der Waals surface area contributed by atoms with Crippen molar-refractivity contribution in [1.82, 2.24) is 9.47 Å². The number of nitriles is 1. The van der Waals surface area contributed by atoms with Crippen molar-refractivity contribution in [3.63, 3.8) is 0 Å². The van der Waals surface area contributed by atoms with E-state index in [4.69, 9.17) is 21.7 Å². The monoisotopic (exact) mass is 574 g/mol. The molecule has 2 saturated heterocycles. The molecule has 0 radical (unpaired) electrons. The maximum absolute atomic E-state index is 13.5. The lowest BCUT2D eigenvalue weighted by Crippen LogP contribution is -2.43. The Hall–Kier alpha value is -2.68. The van der Waals surface area contributed by atoms with E-state index in [1.807, 2.05) is 18.7 Å². The average Bonchev–Trinajstić information content (AvgIpc) is 3.19. The predicted octanol–water partition coefficient (Wildman–Crippen LogP) is 4.24. The maximum atomic E-state index is 13.5. The number of aromatic nitrogens is 1. The van der Waals surface area contributed by atoms with Gasteiger partial charge >= 0.3 is 5.97 Å². The Morgan fingerprint density at radius 2 is 1.97 bits per heavy atom. The van der Waals surface area contributed by atoms with Gasteiger partial charge in [0, 0.05) is 45.0 Å². The van der Waals surface area contributed by atoms with E-state index in [1.165, 1.54) is 11.8 Å². The van der Waals surface area contributed by atoms with E-state index in [-0.39, 0.29) is 28.9 Å². The normalized spacial score (nSPS) is 18.6. The zero-order valence-corrected chi connectivity index (χ0v) is 24.9. The first-order valence-electron chi connectivity index (χ1n) is 13.7. The van der Waals surface area contributed by atoms with Crippen LogP contribution < -0.4 is 10.5 Å². The molecule has 39 heavy (non-hydrogen) atoms. The third-order valence-corrected chi connectivity index (χ3v) is 8.32. The molecule has 2 aliphatic rings. The van der Waals surface area contributed by atoms with Gasteiger partial charge in [0.15, 0.2) is 0 Å². The van der Waals surface area contributed by atoms with Gasteiger partial charge in [-0.05, 0) is 58.1 Å². The van der Waals surface area contributed by atoms with Crippen molar-refractivity contribution < 1.29 is 19.1 Å². The second-order valence-electron chi connectivity index (χ2n) is 9.58. The van der Waals surface area contributed by atoms with Crippen molar-refractivity contribution in [3.05, 3.63) is 31.9 Å². The lowest BCUT2D eigenvalue weighted by atomic mass is 9.96. The first-order valence-corrected chi connectivity index (χ1v) is 14.9. The van der Waals surface area contributed by atoms with Gasteiger partial charge in [-0.25, -0.2) is 0 Å². The number of ether oxygens (including phenoxy) is 2. The number of carbonyl (C=O) groups excluding carboxylic acids is 2. The first-order chi connectivity index (χ1) is 18.8. The van der Waals surface area contributed by atoms with Crippen molar-refractivity contribution in [2.45, 2.75) is 66.3 Å². The van der Waals surface area contributed by atoms with E-state index in [1.54, 1.807) is 29.4 Å². The Labute approximate surface area is 240 Å². The van der Waals surface area contributed by atoms with Gasteiger partial charge < -0.3 is 14.4 Å². The molecular weight excluding hydrogens is 536 g/mol. The van der Waals surface area contributed by atoms with Gasteiger partial charge in [-0.1, -0.05) is 37.3 Å². The van der Waals surface area contributed by atoms with Crippen LogP contribution >= 0.6 is 24.0 Å². The molecule has 11 heteroatoms. The number of hydrogen-bond acceptors (Lipinski definition) is 9. The largest absolute Gasteiger partial charge is 0.466 e. The fourth-order valence-electron chi connectivity index (χ4n) is 4.92. The third-order valence-electron chi connectivity index (χ3n) is 6.95. The molecule has 1 amide bonds. The molecule has 1 aromatic rings.